The van der Waals surface area contributed by atoms with E-state index in [1.807, 2.05) is 16.4 Å². The maximum atomic E-state index is 15.2. The standard InChI is InChI=1S/C20H25FN4O4/c1-10(22)11-5-6-24(8-11)17-15(21)7-13-16(19(17)28-2)25(12-3-4-12)9-14(18(13)26)20(27)29-23/h7,9-12H,3-6,8,22-23H2,1-2H3. The van der Waals surface area contributed by atoms with E-state index in [4.69, 9.17) is 16.4 Å². The Morgan fingerprint density at radius 1 is 1.34 bits per heavy atom. The van der Waals surface area contributed by atoms with E-state index in [9.17, 15) is 9.59 Å². The minimum atomic E-state index is -0.950. The summed E-state index contributed by atoms with van der Waals surface area (Å²) >= 11 is 0. The Labute approximate surface area is 167 Å². The Kier molecular flexibility index (Phi) is 4.95. The van der Waals surface area contributed by atoms with Crippen LogP contribution in [0.5, 0.6) is 5.75 Å². The molecule has 2 fully saturated rings. The van der Waals surface area contributed by atoms with Gasteiger partial charge in [-0.05, 0) is 38.2 Å². The summed E-state index contributed by atoms with van der Waals surface area (Å²) in [4.78, 5) is 31.1. The van der Waals surface area contributed by atoms with Gasteiger partial charge in [-0.2, -0.15) is 5.90 Å². The molecule has 0 bridgehead atoms. The van der Waals surface area contributed by atoms with Crippen LogP contribution in [0.15, 0.2) is 17.1 Å². The zero-order valence-corrected chi connectivity index (χ0v) is 16.5. The first-order chi connectivity index (χ1) is 13.9. The Hall–Kier alpha value is -2.65. The second kappa shape index (κ2) is 7.31. The lowest BCUT2D eigenvalue weighted by Crippen LogP contribution is -2.30. The second-order valence-corrected chi connectivity index (χ2v) is 7.91. The number of carbonyl (C=O) groups excluding carboxylic acids is 1. The van der Waals surface area contributed by atoms with Crippen molar-refractivity contribution in [1.29, 1.82) is 0 Å². The molecule has 2 aromatic rings. The number of carbonyl (C=O) groups is 1. The summed E-state index contributed by atoms with van der Waals surface area (Å²) in [6.07, 6.45) is 4.08. The van der Waals surface area contributed by atoms with E-state index >= 15 is 4.39 Å². The molecule has 29 heavy (non-hydrogen) atoms. The van der Waals surface area contributed by atoms with Gasteiger partial charge in [-0.25, -0.2) is 9.18 Å². The summed E-state index contributed by atoms with van der Waals surface area (Å²) in [7, 11) is 1.46. The minimum absolute atomic E-state index is 0.00369. The van der Waals surface area contributed by atoms with Gasteiger partial charge in [0.2, 0.25) is 5.43 Å². The van der Waals surface area contributed by atoms with Gasteiger partial charge in [-0.15, -0.1) is 0 Å². The fourth-order valence-electron chi connectivity index (χ4n) is 4.20. The summed E-state index contributed by atoms with van der Waals surface area (Å²) in [5.41, 5.74) is 5.99. The number of aromatic nitrogens is 1. The Morgan fingerprint density at radius 2 is 2.07 bits per heavy atom. The van der Waals surface area contributed by atoms with Gasteiger partial charge in [0.1, 0.15) is 11.3 Å². The van der Waals surface area contributed by atoms with Crippen molar-refractivity contribution in [1.82, 2.24) is 4.57 Å². The molecule has 1 aliphatic carbocycles. The lowest BCUT2D eigenvalue weighted by molar-refractivity contribution is 0.0501. The molecule has 1 saturated carbocycles. The van der Waals surface area contributed by atoms with E-state index in [0.29, 0.717) is 30.0 Å². The van der Waals surface area contributed by atoms with Gasteiger partial charge in [-0.1, -0.05) is 0 Å². The van der Waals surface area contributed by atoms with E-state index in [-0.39, 0.29) is 29.0 Å². The van der Waals surface area contributed by atoms with Gasteiger partial charge in [0.15, 0.2) is 11.6 Å². The van der Waals surface area contributed by atoms with Gasteiger partial charge >= 0.3 is 5.97 Å². The molecule has 156 valence electrons. The zero-order chi connectivity index (χ0) is 20.9. The highest BCUT2D eigenvalue weighted by atomic mass is 19.1. The lowest BCUT2D eigenvalue weighted by atomic mass is 10.0. The predicted octanol–water partition coefficient (Wildman–Crippen LogP) is 1.69. The molecule has 2 heterocycles. The molecular formula is C20H25FN4O4. The molecule has 0 spiro atoms. The number of anilines is 1. The van der Waals surface area contributed by atoms with E-state index in [1.54, 1.807) is 0 Å². The molecule has 9 heteroatoms. The number of nitrogens with two attached hydrogens (primary N) is 2. The quantitative estimate of drug-likeness (QED) is 0.729. The Morgan fingerprint density at radius 3 is 2.62 bits per heavy atom. The zero-order valence-electron chi connectivity index (χ0n) is 16.5. The summed E-state index contributed by atoms with van der Waals surface area (Å²) < 4.78 is 22.7. The molecule has 4 rings (SSSR count). The smallest absolute Gasteiger partial charge is 0.362 e. The molecule has 1 saturated heterocycles. The number of halogens is 1. The number of hydrogen-bond acceptors (Lipinski definition) is 7. The van der Waals surface area contributed by atoms with Crippen LogP contribution in [-0.2, 0) is 4.84 Å². The minimum Gasteiger partial charge on any atom is -0.492 e. The Bertz CT molecular complexity index is 1030. The number of hydrogen-bond donors (Lipinski definition) is 2. The molecule has 1 aliphatic heterocycles. The maximum absolute atomic E-state index is 15.2. The number of benzene rings is 1. The fraction of sp³-hybridized carbons (Fsp3) is 0.500. The topological polar surface area (TPSA) is 113 Å². The number of rotatable bonds is 5. The maximum Gasteiger partial charge on any atom is 0.362 e. The summed E-state index contributed by atoms with van der Waals surface area (Å²) in [5, 5.41) is 0.0702. The van der Waals surface area contributed by atoms with Crippen molar-refractivity contribution in [3.63, 3.8) is 0 Å². The van der Waals surface area contributed by atoms with Gasteiger partial charge in [-0.3, -0.25) is 4.79 Å². The lowest BCUT2D eigenvalue weighted by Gasteiger charge is -2.25. The van der Waals surface area contributed by atoms with Crippen molar-refractivity contribution in [3.05, 3.63) is 33.9 Å². The fourth-order valence-corrected chi connectivity index (χ4v) is 4.20. The van der Waals surface area contributed by atoms with Crippen LogP contribution in [0.1, 0.15) is 42.6 Å². The molecule has 1 aromatic heterocycles. The van der Waals surface area contributed by atoms with Crippen molar-refractivity contribution in [2.75, 3.05) is 25.1 Å². The third kappa shape index (κ3) is 3.24. The second-order valence-electron chi connectivity index (χ2n) is 7.91. The van der Waals surface area contributed by atoms with Crippen molar-refractivity contribution >= 4 is 22.6 Å². The van der Waals surface area contributed by atoms with Crippen LogP contribution in [0, 0.1) is 11.7 Å². The molecule has 0 amide bonds. The van der Waals surface area contributed by atoms with Crippen LogP contribution in [0.4, 0.5) is 10.1 Å². The number of ether oxygens (including phenoxy) is 1. The van der Waals surface area contributed by atoms with E-state index in [0.717, 1.165) is 19.3 Å². The predicted molar refractivity (Wildman–Crippen MR) is 107 cm³/mol. The van der Waals surface area contributed by atoms with E-state index in [2.05, 4.69) is 4.84 Å². The van der Waals surface area contributed by atoms with Crippen LogP contribution < -0.4 is 26.7 Å². The Balaban J connectivity index is 1.96. The van der Waals surface area contributed by atoms with Crippen molar-refractivity contribution in [3.8, 4) is 5.75 Å². The van der Waals surface area contributed by atoms with Crippen LogP contribution >= 0.6 is 0 Å². The molecule has 2 atom stereocenters. The van der Waals surface area contributed by atoms with Gasteiger partial charge in [0.25, 0.3) is 0 Å². The van der Waals surface area contributed by atoms with Crippen molar-refractivity contribution in [2.24, 2.45) is 17.5 Å². The molecule has 1 aromatic carbocycles. The highest BCUT2D eigenvalue weighted by Crippen LogP contribution is 2.44. The third-order valence-corrected chi connectivity index (χ3v) is 5.95. The van der Waals surface area contributed by atoms with Gasteiger partial charge < -0.3 is 24.8 Å². The average Bonchev–Trinajstić information content (AvgIpc) is 3.43. The van der Waals surface area contributed by atoms with E-state index in [1.165, 1.54) is 19.4 Å². The van der Waals surface area contributed by atoms with Crippen LogP contribution in [0.25, 0.3) is 10.9 Å². The molecule has 2 unspecified atom stereocenters. The van der Waals surface area contributed by atoms with Crippen molar-refractivity contribution in [2.45, 2.75) is 38.3 Å². The first-order valence-corrected chi connectivity index (χ1v) is 9.74. The van der Waals surface area contributed by atoms with Gasteiger partial charge in [0, 0.05) is 31.4 Å². The average molecular weight is 404 g/mol. The summed E-state index contributed by atoms with van der Waals surface area (Å²) in [5.74, 6) is 4.00. The van der Waals surface area contributed by atoms with Crippen LogP contribution in [-0.4, -0.2) is 36.8 Å². The highest BCUT2D eigenvalue weighted by Gasteiger charge is 2.34. The third-order valence-electron chi connectivity index (χ3n) is 5.95. The summed E-state index contributed by atoms with van der Waals surface area (Å²) in [6.45, 7) is 3.21. The number of nitrogens with zero attached hydrogens (tertiary/aromatic N) is 2. The highest BCUT2D eigenvalue weighted by molar-refractivity contribution is 5.97. The first kappa shape index (κ1) is 19.7. The molecule has 4 N–H and O–H groups in total. The molecule has 8 nitrogen and oxygen atoms in total. The van der Waals surface area contributed by atoms with Crippen LogP contribution in [0.2, 0.25) is 0 Å². The SMILES string of the molecule is COc1c(N2CCC(C(C)N)C2)c(F)cc2c(=O)c(C(=O)ON)cn(C3CC3)c12. The monoisotopic (exact) mass is 404 g/mol. The number of methoxy groups -OCH3 is 1. The van der Waals surface area contributed by atoms with Gasteiger partial charge in [0.05, 0.1) is 18.0 Å². The largest absolute Gasteiger partial charge is 0.492 e. The summed E-state index contributed by atoms with van der Waals surface area (Å²) in [6, 6.07) is 1.29. The number of pyridine rings is 1. The van der Waals surface area contributed by atoms with E-state index < -0.39 is 17.2 Å². The molecular weight excluding hydrogens is 379 g/mol. The van der Waals surface area contributed by atoms with Crippen LogP contribution in [0.3, 0.4) is 0 Å². The van der Waals surface area contributed by atoms with Crippen molar-refractivity contribution < 1.29 is 18.8 Å². The normalized spacial score (nSPS) is 20.2. The number of fused-ring (bicyclic) bond motifs is 1. The molecule has 0 radical (unpaired) electrons. The molecule has 2 aliphatic rings. The first-order valence-electron chi connectivity index (χ1n) is 9.74.